The van der Waals surface area contributed by atoms with Crippen molar-refractivity contribution in [2.75, 3.05) is 7.11 Å². The van der Waals surface area contributed by atoms with Gasteiger partial charge in [0.05, 0.1) is 7.11 Å². The molecule has 0 spiro atoms. The number of benzene rings is 1. The zero-order valence-corrected chi connectivity index (χ0v) is 12.7. The summed E-state index contributed by atoms with van der Waals surface area (Å²) < 4.78 is 4.79. The summed E-state index contributed by atoms with van der Waals surface area (Å²) in [5.41, 5.74) is 1.70. The highest BCUT2D eigenvalue weighted by Crippen LogP contribution is 2.35. The average molecular weight is 264 g/mol. The Kier molecular flexibility index (Phi) is 4.75. The molecule has 3 nitrogen and oxygen atoms in total. The number of rotatable bonds is 4. The predicted molar refractivity (Wildman–Crippen MR) is 76.1 cm³/mol. The van der Waals surface area contributed by atoms with Gasteiger partial charge in [0, 0.05) is 5.92 Å². The van der Waals surface area contributed by atoms with E-state index in [1.54, 1.807) is 0 Å². The SMILES string of the molecule is COC(=O)C(O)(C(C)C)C(C)c1cc(C)cc(C)c1. The van der Waals surface area contributed by atoms with Crippen LogP contribution < -0.4 is 0 Å². The molecule has 2 unspecified atom stereocenters. The second kappa shape index (κ2) is 5.74. The number of aryl methyl sites for hydroxylation is 2. The van der Waals surface area contributed by atoms with Crippen LogP contribution in [0.3, 0.4) is 0 Å². The van der Waals surface area contributed by atoms with E-state index in [1.807, 2.05) is 46.8 Å². The van der Waals surface area contributed by atoms with Crippen LogP contribution in [0, 0.1) is 19.8 Å². The van der Waals surface area contributed by atoms with Crippen LogP contribution in [0.15, 0.2) is 18.2 Å². The lowest BCUT2D eigenvalue weighted by atomic mass is 9.75. The molecular weight excluding hydrogens is 240 g/mol. The Balaban J connectivity index is 3.27. The Hall–Kier alpha value is -1.35. The summed E-state index contributed by atoms with van der Waals surface area (Å²) in [7, 11) is 1.31. The van der Waals surface area contributed by atoms with Crippen LogP contribution in [-0.2, 0) is 9.53 Å². The summed E-state index contributed by atoms with van der Waals surface area (Å²) in [6.45, 7) is 9.54. The standard InChI is InChI=1S/C16H24O3/c1-10(2)16(18,15(17)19-6)13(5)14-8-11(3)7-12(4)9-14/h7-10,13,18H,1-6H3. The first-order valence-electron chi connectivity index (χ1n) is 6.62. The maximum Gasteiger partial charge on any atom is 0.338 e. The van der Waals surface area contributed by atoms with Crippen molar-refractivity contribution >= 4 is 5.97 Å². The van der Waals surface area contributed by atoms with Gasteiger partial charge in [0.1, 0.15) is 0 Å². The van der Waals surface area contributed by atoms with Crippen LogP contribution in [0.4, 0.5) is 0 Å². The van der Waals surface area contributed by atoms with E-state index in [1.165, 1.54) is 7.11 Å². The zero-order chi connectivity index (χ0) is 14.8. The molecule has 0 aliphatic carbocycles. The van der Waals surface area contributed by atoms with Gasteiger partial charge in [-0.05, 0) is 25.3 Å². The molecule has 1 rings (SSSR count). The molecule has 0 radical (unpaired) electrons. The van der Waals surface area contributed by atoms with E-state index in [9.17, 15) is 9.90 Å². The monoisotopic (exact) mass is 264 g/mol. The Morgan fingerprint density at radius 1 is 1.16 bits per heavy atom. The molecule has 0 aliphatic rings. The van der Waals surface area contributed by atoms with Crippen LogP contribution in [0.1, 0.15) is 43.4 Å². The molecule has 0 aromatic heterocycles. The molecule has 0 saturated heterocycles. The zero-order valence-electron chi connectivity index (χ0n) is 12.7. The third-order valence-electron chi connectivity index (χ3n) is 3.80. The van der Waals surface area contributed by atoms with Gasteiger partial charge in [0.15, 0.2) is 5.60 Å². The van der Waals surface area contributed by atoms with Crippen LogP contribution in [-0.4, -0.2) is 23.8 Å². The fourth-order valence-corrected chi connectivity index (χ4v) is 2.59. The number of carbonyl (C=O) groups excluding carboxylic acids is 1. The third kappa shape index (κ3) is 2.98. The van der Waals surface area contributed by atoms with Gasteiger partial charge >= 0.3 is 5.97 Å². The molecule has 1 aromatic rings. The quantitative estimate of drug-likeness (QED) is 0.850. The number of methoxy groups -OCH3 is 1. The van der Waals surface area contributed by atoms with Gasteiger partial charge in [0.2, 0.25) is 0 Å². The van der Waals surface area contributed by atoms with Gasteiger partial charge in [-0.2, -0.15) is 0 Å². The highest BCUT2D eigenvalue weighted by molar-refractivity contribution is 5.81. The van der Waals surface area contributed by atoms with Gasteiger partial charge in [-0.3, -0.25) is 0 Å². The van der Waals surface area contributed by atoms with Crippen molar-refractivity contribution in [2.45, 2.75) is 46.1 Å². The van der Waals surface area contributed by atoms with Crippen molar-refractivity contribution < 1.29 is 14.6 Å². The van der Waals surface area contributed by atoms with E-state index in [4.69, 9.17) is 4.74 Å². The first-order chi connectivity index (χ1) is 8.73. The fraction of sp³-hybridized carbons (Fsp3) is 0.562. The second-order valence-electron chi connectivity index (χ2n) is 5.61. The third-order valence-corrected chi connectivity index (χ3v) is 3.80. The minimum absolute atomic E-state index is 0.226. The minimum Gasteiger partial charge on any atom is -0.467 e. The molecular formula is C16H24O3. The number of ether oxygens (including phenoxy) is 1. The predicted octanol–water partition coefficient (Wildman–Crippen LogP) is 2.97. The lowest BCUT2D eigenvalue weighted by Gasteiger charge is -2.35. The Morgan fingerprint density at radius 3 is 2.00 bits per heavy atom. The molecule has 0 saturated carbocycles. The van der Waals surface area contributed by atoms with Crippen molar-refractivity contribution in [1.29, 1.82) is 0 Å². The minimum atomic E-state index is -1.50. The second-order valence-corrected chi connectivity index (χ2v) is 5.61. The summed E-state index contributed by atoms with van der Waals surface area (Å²) >= 11 is 0. The summed E-state index contributed by atoms with van der Waals surface area (Å²) in [5.74, 6) is -1.12. The van der Waals surface area contributed by atoms with Crippen molar-refractivity contribution in [3.8, 4) is 0 Å². The van der Waals surface area contributed by atoms with E-state index in [2.05, 4.69) is 6.07 Å². The Morgan fingerprint density at radius 2 is 1.63 bits per heavy atom. The van der Waals surface area contributed by atoms with Crippen LogP contribution in [0.25, 0.3) is 0 Å². The highest BCUT2D eigenvalue weighted by Gasteiger charge is 2.46. The lowest BCUT2D eigenvalue weighted by Crippen LogP contribution is -2.49. The molecule has 106 valence electrons. The molecule has 0 amide bonds. The van der Waals surface area contributed by atoms with E-state index in [-0.39, 0.29) is 11.8 Å². The van der Waals surface area contributed by atoms with Gasteiger partial charge in [-0.15, -0.1) is 0 Å². The van der Waals surface area contributed by atoms with Gasteiger partial charge in [-0.25, -0.2) is 4.79 Å². The van der Waals surface area contributed by atoms with Crippen molar-refractivity contribution in [2.24, 2.45) is 5.92 Å². The fourth-order valence-electron chi connectivity index (χ4n) is 2.59. The molecule has 0 aliphatic heterocycles. The first kappa shape index (κ1) is 15.7. The number of carbonyl (C=O) groups is 1. The van der Waals surface area contributed by atoms with Crippen molar-refractivity contribution in [3.05, 3.63) is 34.9 Å². The molecule has 0 heterocycles. The maximum absolute atomic E-state index is 12.0. The van der Waals surface area contributed by atoms with E-state index >= 15 is 0 Å². The lowest BCUT2D eigenvalue weighted by molar-refractivity contribution is -0.170. The molecule has 19 heavy (non-hydrogen) atoms. The van der Waals surface area contributed by atoms with E-state index < -0.39 is 11.6 Å². The first-order valence-corrected chi connectivity index (χ1v) is 6.62. The van der Waals surface area contributed by atoms with Crippen LogP contribution in [0.2, 0.25) is 0 Å². The largest absolute Gasteiger partial charge is 0.467 e. The molecule has 2 atom stereocenters. The summed E-state index contributed by atoms with van der Waals surface area (Å²) in [5, 5.41) is 10.8. The molecule has 3 heteroatoms. The van der Waals surface area contributed by atoms with Crippen LogP contribution >= 0.6 is 0 Å². The Labute approximate surface area is 115 Å². The highest BCUT2D eigenvalue weighted by atomic mass is 16.5. The number of hydrogen-bond acceptors (Lipinski definition) is 3. The Bertz CT molecular complexity index is 445. The average Bonchev–Trinajstić information content (AvgIpc) is 2.34. The molecule has 1 aromatic carbocycles. The van der Waals surface area contributed by atoms with Crippen molar-refractivity contribution in [3.63, 3.8) is 0 Å². The van der Waals surface area contributed by atoms with E-state index in [0.29, 0.717) is 0 Å². The smallest absolute Gasteiger partial charge is 0.338 e. The normalized spacial score (nSPS) is 16.0. The maximum atomic E-state index is 12.0. The molecule has 0 bridgehead atoms. The van der Waals surface area contributed by atoms with E-state index in [0.717, 1.165) is 16.7 Å². The number of hydrogen-bond donors (Lipinski definition) is 1. The summed E-state index contributed by atoms with van der Waals surface area (Å²) in [6.07, 6.45) is 0. The summed E-state index contributed by atoms with van der Waals surface area (Å²) in [6, 6.07) is 6.09. The number of aliphatic hydroxyl groups is 1. The van der Waals surface area contributed by atoms with Crippen molar-refractivity contribution in [1.82, 2.24) is 0 Å². The molecule has 0 fully saturated rings. The van der Waals surface area contributed by atoms with Gasteiger partial charge in [0.25, 0.3) is 0 Å². The molecule has 1 N–H and O–H groups in total. The number of esters is 1. The van der Waals surface area contributed by atoms with Crippen LogP contribution in [0.5, 0.6) is 0 Å². The van der Waals surface area contributed by atoms with Gasteiger partial charge < -0.3 is 9.84 Å². The topological polar surface area (TPSA) is 46.5 Å². The van der Waals surface area contributed by atoms with Gasteiger partial charge in [-0.1, -0.05) is 50.1 Å². The summed E-state index contributed by atoms with van der Waals surface area (Å²) in [4.78, 5) is 12.0.